The molecule has 1 aliphatic carbocycles. The lowest BCUT2D eigenvalue weighted by Crippen LogP contribution is -2.34. The maximum atomic E-state index is 14.5. The number of imide groups is 1. The molecule has 2 heterocycles. The molecule has 3 unspecified atom stereocenters. The lowest BCUT2D eigenvalue weighted by atomic mass is 10.1. The first-order chi connectivity index (χ1) is 12.4. The minimum atomic E-state index is -0.765. The number of carbonyl (C=O) groups is 3. The molecule has 3 fully saturated rings. The highest BCUT2D eigenvalue weighted by Gasteiger charge is 2.63. The topological polar surface area (TPSA) is 66.9 Å². The number of ether oxygens (including phenoxy) is 1. The smallest absolute Gasteiger partial charge is 0.332 e. The number of anilines is 1. The Morgan fingerprint density at radius 3 is 2.88 bits per heavy atom. The summed E-state index contributed by atoms with van der Waals surface area (Å²) in [6, 6.07) is 1.34. The number of hydrogen-bond donors (Lipinski definition) is 0. The molecular formula is C18H16ClFN2O4. The fourth-order valence-corrected chi connectivity index (χ4v) is 3.97. The average Bonchev–Trinajstić information content (AvgIpc) is 3.18. The third-order valence-electron chi connectivity index (χ3n) is 5.05. The van der Waals surface area contributed by atoms with Crippen LogP contribution in [0.15, 0.2) is 18.2 Å². The van der Waals surface area contributed by atoms with E-state index in [1.807, 2.05) is 0 Å². The maximum absolute atomic E-state index is 14.5. The van der Waals surface area contributed by atoms with Crippen molar-refractivity contribution in [2.24, 2.45) is 11.8 Å². The summed E-state index contributed by atoms with van der Waals surface area (Å²) in [6.45, 7) is 2.44. The van der Waals surface area contributed by atoms with Gasteiger partial charge in [0.1, 0.15) is 11.9 Å². The molecule has 1 aromatic carbocycles. The van der Waals surface area contributed by atoms with Crippen LogP contribution >= 0.6 is 11.6 Å². The number of amides is 3. The average molecular weight is 379 g/mol. The molecule has 3 amide bonds. The number of piperidine rings is 1. The van der Waals surface area contributed by atoms with Crippen molar-refractivity contribution in [3.8, 4) is 0 Å². The monoisotopic (exact) mass is 378 g/mol. The minimum Gasteiger partial charge on any atom is -0.463 e. The van der Waals surface area contributed by atoms with Crippen LogP contribution in [-0.4, -0.2) is 42.0 Å². The molecule has 1 saturated carbocycles. The lowest BCUT2D eigenvalue weighted by Gasteiger charge is -2.17. The molecule has 6 nitrogen and oxygen atoms in total. The van der Waals surface area contributed by atoms with Gasteiger partial charge < -0.3 is 9.64 Å². The summed E-state index contributed by atoms with van der Waals surface area (Å²) in [7, 11) is 0. The van der Waals surface area contributed by atoms with E-state index in [2.05, 4.69) is 0 Å². The Morgan fingerprint density at radius 2 is 2.19 bits per heavy atom. The number of carbonyl (C=O) groups excluding carboxylic acids is 3. The summed E-state index contributed by atoms with van der Waals surface area (Å²) >= 11 is 6.02. The summed E-state index contributed by atoms with van der Waals surface area (Å²) in [5, 5.41) is 0.0636. The van der Waals surface area contributed by atoms with Gasteiger partial charge in [0.05, 0.1) is 17.3 Å². The molecule has 8 heteroatoms. The van der Waals surface area contributed by atoms with Crippen LogP contribution in [0.5, 0.6) is 0 Å². The second-order valence-electron chi connectivity index (χ2n) is 6.62. The van der Waals surface area contributed by atoms with Crippen molar-refractivity contribution in [2.75, 3.05) is 18.1 Å². The Morgan fingerprint density at radius 1 is 1.42 bits per heavy atom. The minimum absolute atomic E-state index is 0.0636. The first-order valence-electron chi connectivity index (χ1n) is 8.40. The number of hydrogen-bond acceptors (Lipinski definition) is 4. The van der Waals surface area contributed by atoms with Crippen molar-refractivity contribution in [3.05, 3.63) is 34.6 Å². The van der Waals surface area contributed by atoms with E-state index < -0.39 is 29.8 Å². The number of rotatable bonds is 4. The first-order valence-corrected chi connectivity index (χ1v) is 8.78. The van der Waals surface area contributed by atoms with E-state index in [4.69, 9.17) is 16.3 Å². The number of urea groups is 1. The number of benzene rings is 1. The van der Waals surface area contributed by atoms with Crippen LogP contribution in [0.3, 0.4) is 0 Å². The molecule has 3 atom stereocenters. The molecule has 2 saturated heterocycles. The fourth-order valence-electron chi connectivity index (χ4n) is 3.76. The predicted octanol–water partition coefficient (Wildman–Crippen LogP) is 2.84. The number of esters is 1. The highest BCUT2D eigenvalue weighted by atomic mass is 35.5. The molecular weight excluding hydrogens is 363 g/mol. The molecule has 0 aromatic heterocycles. The zero-order chi connectivity index (χ0) is 18.6. The highest BCUT2D eigenvalue weighted by Crippen LogP contribution is 2.52. The van der Waals surface area contributed by atoms with Gasteiger partial charge in [-0.3, -0.25) is 4.79 Å². The lowest BCUT2D eigenvalue weighted by molar-refractivity contribution is -0.137. The van der Waals surface area contributed by atoms with E-state index in [0.29, 0.717) is 18.0 Å². The van der Waals surface area contributed by atoms with E-state index in [-0.39, 0.29) is 23.2 Å². The Bertz CT molecular complexity index is 856. The van der Waals surface area contributed by atoms with Crippen molar-refractivity contribution in [3.63, 3.8) is 0 Å². The number of fused-ring (bicyclic) bond motifs is 3. The van der Waals surface area contributed by atoms with Crippen molar-refractivity contribution in [2.45, 2.75) is 19.4 Å². The van der Waals surface area contributed by atoms with E-state index in [9.17, 15) is 18.8 Å². The fraction of sp³-hybridized carbons (Fsp3) is 0.389. The summed E-state index contributed by atoms with van der Waals surface area (Å²) < 4.78 is 19.3. The summed E-state index contributed by atoms with van der Waals surface area (Å²) in [4.78, 5) is 39.2. The van der Waals surface area contributed by atoms with Gasteiger partial charge >= 0.3 is 12.0 Å². The molecule has 1 aromatic rings. The molecule has 0 spiro atoms. The number of nitrogens with zero attached hydrogens (tertiary/aromatic N) is 2. The molecule has 2 aliphatic heterocycles. The normalized spacial score (nSPS) is 26.5. The van der Waals surface area contributed by atoms with Crippen LogP contribution in [0, 0.1) is 17.7 Å². The highest BCUT2D eigenvalue weighted by molar-refractivity contribution is 6.32. The number of halogens is 2. The summed E-state index contributed by atoms with van der Waals surface area (Å²) in [5.41, 5.74) is 0.160. The van der Waals surface area contributed by atoms with Crippen molar-refractivity contribution in [1.82, 2.24) is 4.90 Å². The third-order valence-corrected chi connectivity index (χ3v) is 5.38. The molecule has 0 radical (unpaired) electrons. The zero-order valence-electron chi connectivity index (χ0n) is 13.9. The van der Waals surface area contributed by atoms with Crippen LogP contribution < -0.4 is 4.90 Å². The van der Waals surface area contributed by atoms with Gasteiger partial charge in [-0.1, -0.05) is 11.6 Å². The van der Waals surface area contributed by atoms with Gasteiger partial charge in [-0.2, -0.15) is 0 Å². The second kappa shape index (κ2) is 6.09. The largest absolute Gasteiger partial charge is 0.463 e. The quantitative estimate of drug-likeness (QED) is 0.459. The van der Waals surface area contributed by atoms with Crippen molar-refractivity contribution < 1.29 is 23.5 Å². The Hall–Kier alpha value is -2.41. The second-order valence-corrected chi connectivity index (χ2v) is 7.03. The van der Waals surface area contributed by atoms with Gasteiger partial charge in [-0.15, -0.1) is 0 Å². The van der Waals surface area contributed by atoms with Crippen LogP contribution in [0.25, 0.3) is 6.08 Å². The van der Waals surface area contributed by atoms with Gasteiger partial charge in [0.25, 0.3) is 5.91 Å². The van der Waals surface area contributed by atoms with Crippen molar-refractivity contribution >= 4 is 41.3 Å². The van der Waals surface area contributed by atoms with E-state index in [1.165, 1.54) is 17.0 Å². The molecule has 0 N–H and O–H groups in total. The molecule has 4 rings (SSSR count). The van der Waals surface area contributed by atoms with Gasteiger partial charge in [0.15, 0.2) is 0 Å². The third kappa shape index (κ3) is 2.58. The maximum Gasteiger partial charge on any atom is 0.332 e. The van der Waals surface area contributed by atoms with E-state index in [1.54, 1.807) is 6.92 Å². The summed E-state index contributed by atoms with van der Waals surface area (Å²) in [6.07, 6.45) is 3.46. The van der Waals surface area contributed by atoms with E-state index >= 15 is 0 Å². The van der Waals surface area contributed by atoms with Crippen LogP contribution in [-0.2, 0) is 14.3 Å². The van der Waals surface area contributed by atoms with E-state index in [0.717, 1.165) is 23.5 Å². The zero-order valence-corrected chi connectivity index (χ0v) is 14.7. The Labute approximate surface area is 154 Å². The van der Waals surface area contributed by atoms with Gasteiger partial charge in [-0.25, -0.2) is 18.9 Å². The van der Waals surface area contributed by atoms with Crippen LogP contribution in [0.4, 0.5) is 14.9 Å². The Balaban J connectivity index is 1.66. The van der Waals surface area contributed by atoms with Crippen LogP contribution in [0.1, 0.15) is 18.9 Å². The molecule has 0 bridgehead atoms. The van der Waals surface area contributed by atoms with Gasteiger partial charge in [-0.05, 0) is 49.0 Å². The first kappa shape index (κ1) is 17.0. The SMILES string of the molecule is CCOC(=O)C=Cc1cc(N2C(=O)C3C4CC4CN3C2=O)c(F)cc1Cl. The van der Waals surface area contributed by atoms with Crippen molar-refractivity contribution in [1.29, 1.82) is 0 Å². The van der Waals surface area contributed by atoms with Gasteiger partial charge in [0.2, 0.25) is 0 Å². The molecule has 3 aliphatic rings. The molecule has 136 valence electrons. The standard InChI is InChI=1S/C18H16ClFN2O4/c1-2-26-15(23)4-3-9-6-14(13(20)7-12(9)19)22-17(24)16-11-5-10(11)8-21(16)18(22)25/h3-4,6-7,10-11,16H,2,5,8H2,1H3. The predicted molar refractivity (Wildman–Crippen MR) is 92.1 cm³/mol. The molecule has 26 heavy (non-hydrogen) atoms. The summed E-state index contributed by atoms with van der Waals surface area (Å²) in [5.74, 6) is -1.15. The van der Waals surface area contributed by atoms with Crippen LogP contribution in [0.2, 0.25) is 5.02 Å². The van der Waals surface area contributed by atoms with Gasteiger partial charge in [0, 0.05) is 12.6 Å². The Kier molecular flexibility index (Phi) is 3.99.